The van der Waals surface area contributed by atoms with Gasteiger partial charge < -0.3 is 4.42 Å². The van der Waals surface area contributed by atoms with E-state index in [4.69, 9.17) is 4.42 Å². The molecule has 1 aromatic heterocycles. The van der Waals surface area contributed by atoms with Crippen molar-refractivity contribution in [1.29, 1.82) is 0 Å². The SMILES string of the molecule is c1ccc(-c2oc3ccccc3c2-c2cccc3ccccc23)cc1. The van der Waals surface area contributed by atoms with Crippen LogP contribution in [-0.2, 0) is 0 Å². The maximum Gasteiger partial charge on any atom is 0.143 e. The summed E-state index contributed by atoms with van der Waals surface area (Å²) in [6, 6.07) is 33.6. The molecule has 0 aliphatic rings. The highest BCUT2D eigenvalue weighted by atomic mass is 16.3. The molecule has 5 rings (SSSR count). The highest BCUT2D eigenvalue weighted by molar-refractivity contribution is 6.09. The molecule has 1 nitrogen and oxygen atoms in total. The number of benzene rings is 4. The fourth-order valence-corrected chi connectivity index (χ4v) is 3.55. The molecule has 1 heteroatoms. The first-order valence-corrected chi connectivity index (χ1v) is 8.47. The van der Waals surface area contributed by atoms with Crippen LogP contribution in [0.4, 0.5) is 0 Å². The largest absolute Gasteiger partial charge is 0.455 e. The molecule has 0 radical (unpaired) electrons. The summed E-state index contributed by atoms with van der Waals surface area (Å²) in [5.74, 6) is 0.929. The van der Waals surface area contributed by atoms with Gasteiger partial charge in [0.15, 0.2) is 0 Å². The molecule has 0 aliphatic carbocycles. The molecule has 0 saturated carbocycles. The summed E-state index contributed by atoms with van der Waals surface area (Å²) in [6.45, 7) is 0. The second kappa shape index (κ2) is 5.64. The third-order valence-electron chi connectivity index (χ3n) is 4.69. The number of furan rings is 1. The first-order valence-electron chi connectivity index (χ1n) is 8.47. The molecule has 4 aromatic carbocycles. The van der Waals surface area contributed by atoms with E-state index in [1.807, 2.05) is 18.2 Å². The average Bonchev–Trinajstić information content (AvgIpc) is 3.08. The fraction of sp³-hybridized carbons (Fsp3) is 0. The minimum Gasteiger partial charge on any atom is -0.455 e. The second-order valence-electron chi connectivity index (χ2n) is 6.20. The van der Waals surface area contributed by atoms with E-state index in [0.717, 1.165) is 22.3 Å². The van der Waals surface area contributed by atoms with Crippen molar-refractivity contribution in [2.24, 2.45) is 0 Å². The van der Waals surface area contributed by atoms with Gasteiger partial charge in [0.05, 0.1) is 0 Å². The van der Waals surface area contributed by atoms with Crippen molar-refractivity contribution in [2.45, 2.75) is 0 Å². The summed E-state index contributed by atoms with van der Waals surface area (Å²) in [5, 5.41) is 3.63. The smallest absolute Gasteiger partial charge is 0.143 e. The topological polar surface area (TPSA) is 13.1 Å². The van der Waals surface area contributed by atoms with Gasteiger partial charge in [0.25, 0.3) is 0 Å². The van der Waals surface area contributed by atoms with Gasteiger partial charge in [0.1, 0.15) is 11.3 Å². The second-order valence-corrected chi connectivity index (χ2v) is 6.20. The third kappa shape index (κ3) is 2.25. The molecule has 0 amide bonds. The highest BCUT2D eigenvalue weighted by Crippen LogP contribution is 2.43. The number of para-hydroxylation sites is 1. The van der Waals surface area contributed by atoms with Gasteiger partial charge in [-0.1, -0.05) is 91.0 Å². The summed E-state index contributed by atoms with van der Waals surface area (Å²) in [6.07, 6.45) is 0. The van der Waals surface area contributed by atoms with E-state index in [-0.39, 0.29) is 0 Å². The lowest BCUT2D eigenvalue weighted by atomic mass is 9.94. The molecular weight excluding hydrogens is 304 g/mol. The van der Waals surface area contributed by atoms with Crippen LogP contribution in [0.5, 0.6) is 0 Å². The van der Waals surface area contributed by atoms with Crippen molar-refractivity contribution in [1.82, 2.24) is 0 Å². The Hall–Kier alpha value is -3.32. The molecule has 1 heterocycles. The molecule has 0 fully saturated rings. The lowest BCUT2D eigenvalue weighted by Gasteiger charge is -2.08. The Labute approximate surface area is 146 Å². The Kier molecular flexibility index (Phi) is 3.17. The van der Waals surface area contributed by atoms with E-state index in [9.17, 15) is 0 Å². The van der Waals surface area contributed by atoms with E-state index in [1.54, 1.807) is 0 Å². The predicted octanol–water partition coefficient (Wildman–Crippen LogP) is 6.92. The third-order valence-corrected chi connectivity index (χ3v) is 4.69. The molecule has 0 atom stereocenters. The molecular formula is C24H16O. The van der Waals surface area contributed by atoms with Crippen LogP contribution in [0.2, 0.25) is 0 Å². The van der Waals surface area contributed by atoms with Gasteiger partial charge in [-0.3, -0.25) is 0 Å². The fourth-order valence-electron chi connectivity index (χ4n) is 3.55. The number of hydrogen-bond acceptors (Lipinski definition) is 1. The number of hydrogen-bond donors (Lipinski definition) is 0. The van der Waals surface area contributed by atoms with E-state index >= 15 is 0 Å². The monoisotopic (exact) mass is 320 g/mol. The lowest BCUT2D eigenvalue weighted by Crippen LogP contribution is -1.83. The number of fused-ring (bicyclic) bond motifs is 2. The van der Waals surface area contributed by atoms with Crippen LogP contribution >= 0.6 is 0 Å². The standard InChI is InChI=1S/C24H16O/c1-2-10-18(11-3-1)24-23(21-14-6-7-16-22(21)25-24)20-15-8-12-17-9-4-5-13-19(17)20/h1-16H. The lowest BCUT2D eigenvalue weighted by molar-refractivity contribution is 0.632. The van der Waals surface area contributed by atoms with E-state index in [0.29, 0.717) is 0 Å². The van der Waals surface area contributed by atoms with Crippen LogP contribution in [0, 0.1) is 0 Å². The molecule has 118 valence electrons. The molecule has 25 heavy (non-hydrogen) atoms. The van der Waals surface area contributed by atoms with Gasteiger partial charge in [0.2, 0.25) is 0 Å². The maximum atomic E-state index is 6.29. The Balaban J connectivity index is 1.92. The zero-order chi connectivity index (χ0) is 16.6. The van der Waals surface area contributed by atoms with E-state index in [1.165, 1.54) is 21.9 Å². The van der Waals surface area contributed by atoms with Crippen LogP contribution < -0.4 is 0 Å². The molecule has 0 bridgehead atoms. The van der Waals surface area contributed by atoms with Gasteiger partial charge in [-0.2, -0.15) is 0 Å². The quantitative estimate of drug-likeness (QED) is 0.344. The Morgan fingerprint density at radius 2 is 1.20 bits per heavy atom. The molecule has 0 aliphatic heterocycles. The van der Waals surface area contributed by atoms with Crippen molar-refractivity contribution >= 4 is 21.7 Å². The van der Waals surface area contributed by atoms with Crippen LogP contribution in [0.1, 0.15) is 0 Å². The van der Waals surface area contributed by atoms with Crippen molar-refractivity contribution < 1.29 is 4.42 Å². The molecule has 0 spiro atoms. The van der Waals surface area contributed by atoms with Crippen molar-refractivity contribution in [3.63, 3.8) is 0 Å². The van der Waals surface area contributed by atoms with Crippen LogP contribution in [0.25, 0.3) is 44.2 Å². The van der Waals surface area contributed by atoms with Gasteiger partial charge >= 0.3 is 0 Å². The normalized spacial score (nSPS) is 11.2. The molecule has 5 aromatic rings. The zero-order valence-electron chi connectivity index (χ0n) is 13.6. The first-order chi connectivity index (χ1) is 12.4. The summed E-state index contributed by atoms with van der Waals surface area (Å²) in [7, 11) is 0. The highest BCUT2D eigenvalue weighted by Gasteiger charge is 2.18. The van der Waals surface area contributed by atoms with Crippen LogP contribution in [0.3, 0.4) is 0 Å². The van der Waals surface area contributed by atoms with Gasteiger partial charge in [0, 0.05) is 16.5 Å². The first kappa shape index (κ1) is 14.1. The minimum absolute atomic E-state index is 0.921. The number of rotatable bonds is 2. The molecule has 0 saturated heterocycles. The predicted molar refractivity (Wildman–Crippen MR) is 105 cm³/mol. The van der Waals surface area contributed by atoms with Crippen LogP contribution in [-0.4, -0.2) is 0 Å². The summed E-state index contributed by atoms with van der Waals surface area (Å²) in [4.78, 5) is 0. The summed E-state index contributed by atoms with van der Waals surface area (Å²) < 4.78 is 6.29. The van der Waals surface area contributed by atoms with Crippen molar-refractivity contribution in [2.75, 3.05) is 0 Å². The zero-order valence-corrected chi connectivity index (χ0v) is 13.6. The van der Waals surface area contributed by atoms with E-state index in [2.05, 4.69) is 78.9 Å². The maximum absolute atomic E-state index is 6.29. The van der Waals surface area contributed by atoms with E-state index < -0.39 is 0 Å². The Morgan fingerprint density at radius 3 is 2.08 bits per heavy atom. The average molecular weight is 320 g/mol. The Morgan fingerprint density at radius 1 is 0.520 bits per heavy atom. The van der Waals surface area contributed by atoms with Gasteiger partial charge in [-0.25, -0.2) is 0 Å². The summed E-state index contributed by atoms with van der Waals surface area (Å²) in [5.41, 5.74) is 4.39. The van der Waals surface area contributed by atoms with Crippen LogP contribution in [0.15, 0.2) is 101 Å². The van der Waals surface area contributed by atoms with Gasteiger partial charge in [-0.05, 0) is 22.4 Å². The van der Waals surface area contributed by atoms with Gasteiger partial charge in [-0.15, -0.1) is 0 Å². The molecule has 0 unspecified atom stereocenters. The summed E-state index contributed by atoms with van der Waals surface area (Å²) >= 11 is 0. The molecule has 0 N–H and O–H groups in total. The van der Waals surface area contributed by atoms with Crippen molar-refractivity contribution in [3.8, 4) is 22.5 Å². The van der Waals surface area contributed by atoms with Crippen molar-refractivity contribution in [3.05, 3.63) is 97.1 Å². The minimum atomic E-state index is 0.921. The Bertz CT molecular complexity index is 1180.